The van der Waals surface area contributed by atoms with Crippen molar-refractivity contribution in [3.8, 4) is 0 Å². The van der Waals surface area contributed by atoms with Crippen LogP contribution in [0.2, 0.25) is 0 Å². The molecule has 1 unspecified atom stereocenters. The van der Waals surface area contributed by atoms with Crippen molar-refractivity contribution in [3.63, 3.8) is 0 Å². The van der Waals surface area contributed by atoms with Crippen molar-refractivity contribution in [2.75, 3.05) is 52.9 Å². The van der Waals surface area contributed by atoms with Crippen molar-refractivity contribution in [3.05, 3.63) is 24.2 Å². The third kappa shape index (κ3) is 4.34. The van der Waals surface area contributed by atoms with Crippen LogP contribution in [0, 0.1) is 0 Å². The van der Waals surface area contributed by atoms with Crippen molar-refractivity contribution >= 4 is 11.9 Å². The van der Waals surface area contributed by atoms with Gasteiger partial charge in [-0.15, -0.1) is 0 Å². The van der Waals surface area contributed by atoms with Gasteiger partial charge in [-0.1, -0.05) is 0 Å². The van der Waals surface area contributed by atoms with Gasteiger partial charge < -0.3 is 19.5 Å². The van der Waals surface area contributed by atoms with Crippen molar-refractivity contribution in [1.82, 2.24) is 20.0 Å². The van der Waals surface area contributed by atoms with Gasteiger partial charge in [0.15, 0.2) is 5.96 Å². The molecule has 0 bridgehead atoms. The van der Waals surface area contributed by atoms with E-state index in [1.807, 2.05) is 18.0 Å². The molecule has 1 amide bonds. The number of piperazine rings is 1. The van der Waals surface area contributed by atoms with Gasteiger partial charge in [0.1, 0.15) is 5.76 Å². The normalized spacial score (nSPS) is 20.8. The van der Waals surface area contributed by atoms with Gasteiger partial charge in [-0.3, -0.25) is 14.7 Å². The average molecular weight is 347 g/mol. The lowest BCUT2D eigenvalue weighted by atomic mass is 10.2. The van der Waals surface area contributed by atoms with Crippen molar-refractivity contribution < 1.29 is 9.21 Å². The Morgan fingerprint density at radius 2 is 1.88 bits per heavy atom. The van der Waals surface area contributed by atoms with Crippen LogP contribution < -0.4 is 5.32 Å². The molecule has 2 saturated heterocycles. The van der Waals surface area contributed by atoms with E-state index in [4.69, 9.17) is 4.42 Å². The molecule has 2 aliphatic rings. The zero-order valence-electron chi connectivity index (χ0n) is 15.3. The zero-order valence-corrected chi connectivity index (χ0v) is 15.3. The molecule has 0 radical (unpaired) electrons. The summed E-state index contributed by atoms with van der Waals surface area (Å²) in [5.74, 6) is 2.06. The number of nitrogens with one attached hydrogen (secondary N) is 1. The molecule has 1 aromatic rings. The van der Waals surface area contributed by atoms with Crippen LogP contribution in [0.15, 0.2) is 27.8 Å². The molecule has 3 rings (SSSR count). The number of carbonyl (C=O) groups excluding carboxylic acids is 1. The first-order chi connectivity index (χ1) is 12.2. The summed E-state index contributed by atoms with van der Waals surface area (Å²) in [7, 11) is 1.82. The number of likely N-dealkylation sites (tertiary alicyclic amines) is 1. The molecule has 1 aromatic heterocycles. The van der Waals surface area contributed by atoms with Gasteiger partial charge in [-0.05, 0) is 38.1 Å². The van der Waals surface area contributed by atoms with Crippen LogP contribution in [-0.4, -0.2) is 79.4 Å². The Hall–Kier alpha value is -2.02. The van der Waals surface area contributed by atoms with Gasteiger partial charge >= 0.3 is 0 Å². The summed E-state index contributed by atoms with van der Waals surface area (Å²) < 4.78 is 5.68. The van der Waals surface area contributed by atoms with Crippen LogP contribution in [0.1, 0.15) is 31.6 Å². The third-order valence-electron chi connectivity index (χ3n) is 5.14. The minimum absolute atomic E-state index is 0.148. The maximum atomic E-state index is 11.5. The Balaban J connectivity index is 1.58. The van der Waals surface area contributed by atoms with E-state index in [9.17, 15) is 4.79 Å². The fourth-order valence-corrected chi connectivity index (χ4v) is 3.70. The molecular weight excluding hydrogens is 318 g/mol. The Morgan fingerprint density at radius 1 is 1.20 bits per heavy atom. The molecule has 3 heterocycles. The first-order valence-corrected chi connectivity index (χ1v) is 9.17. The molecule has 2 fully saturated rings. The van der Waals surface area contributed by atoms with E-state index in [1.54, 1.807) is 13.2 Å². The lowest BCUT2D eigenvalue weighted by molar-refractivity contribution is -0.130. The molecule has 25 heavy (non-hydrogen) atoms. The Kier molecular flexibility index (Phi) is 5.96. The highest BCUT2D eigenvalue weighted by Gasteiger charge is 2.27. The number of rotatable bonds is 4. The predicted octanol–water partition coefficient (Wildman–Crippen LogP) is 1.16. The predicted molar refractivity (Wildman–Crippen MR) is 97.4 cm³/mol. The minimum atomic E-state index is 0.148. The third-order valence-corrected chi connectivity index (χ3v) is 5.14. The number of nitrogens with zero attached hydrogens (tertiary/aromatic N) is 4. The smallest absolute Gasteiger partial charge is 0.219 e. The van der Waals surface area contributed by atoms with Gasteiger partial charge in [-0.2, -0.15) is 0 Å². The lowest BCUT2D eigenvalue weighted by Crippen LogP contribution is -2.54. The summed E-state index contributed by atoms with van der Waals surface area (Å²) in [6.07, 6.45) is 4.24. The first kappa shape index (κ1) is 17.8. The highest BCUT2D eigenvalue weighted by molar-refractivity contribution is 5.80. The van der Waals surface area contributed by atoms with Crippen molar-refractivity contribution in [2.24, 2.45) is 4.99 Å². The topological polar surface area (TPSA) is 64.3 Å². The minimum Gasteiger partial charge on any atom is -0.468 e. The summed E-state index contributed by atoms with van der Waals surface area (Å²) in [4.78, 5) is 22.5. The number of hydrogen-bond donors (Lipinski definition) is 1. The van der Waals surface area contributed by atoms with Crippen LogP contribution in [0.25, 0.3) is 0 Å². The highest BCUT2D eigenvalue weighted by atomic mass is 16.3. The number of carbonyl (C=O) groups is 1. The highest BCUT2D eigenvalue weighted by Crippen LogP contribution is 2.24. The summed E-state index contributed by atoms with van der Waals surface area (Å²) in [5.41, 5.74) is 0. The van der Waals surface area contributed by atoms with E-state index < -0.39 is 0 Å². The van der Waals surface area contributed by atoms with Gasteiger partial charge in [0, 0.05) is 46.7 Å². The molecule has 0 aliphatic carbocycles. The second-order valence-electron chi connectivity index (χ2n) is 6.70. The van der Waals surface area contributed by atoms with Gasteiger partial charge in [0.2, 0.25) is 5.91 Å². The number of hydrogen-bond acceptors (Lipinski definition) is 4. The first-order valence-electron chi connectivity index (χ1n) is 9.17. The molecule has 7 heteroatoms. The monoisotopic (exact) mass is 347 g/mol. The van der Waals surface area contributed by atoms with Gasteiger partial charge in [0.25, 0.3) is 0 Å². The van der Waals surface area contributed by atoms with Crippen LogP contribution >= 0.6 is 0 Å². The van der Waals surface area contributed by atoms with Crippen LogP contribution in [0.5, 0.6) is 0 Å². The van der Waals surface area contributed by atoms with E-state index in [-0.39, 0.29) is 11.9 Å². The summed E-state index contributed by atoms with van der Waals surface area (Å²) in [6.45, 7) is 7.77. The summed E-state index contributed by atoms with van der Waals surface area (Å²) in [6, 6.07) is 4.24. The van der Waals surface area contributed by atoms with Gasteiger partial charge in [0.05, 0.1) is 12.3 Å². The second-order valence-corrected chi connectivity index (χ2v) is 6.70. The Morgan fingerprint density at radius 3 is 2.44 bits per heavy atom. The molecule has 138 valence electrons. The second kappa shape index (κ2) is 8.38. The van der Waals surface area contributed by atoms with Gasteiger partial charge in [-0.25, -0.2) is 0 Å². The zero-order chi connectivity index (χ0) is 17.6. The molecule has 1 atom stereocenters. The fraction of sp³-hybridized carbons (Fsp3) is 0.667. The molecular formula is C18H29N5O2. The SMILES string of the molecule is CN=C(NCC(c1ccco1)N1CCCC1)N1CCN(C(C)=O)CC1. The molecule has 7 nitrogen and oxygen atoms in total. The number of guanidine groups is 1. The van der Waals surface area contributed by atoms with Crippen molar-refractivity contribution in [2.45, 2.75) is 25.8 Å². The molecule has 2 aliphatic heterocycles. The Bertz CT molecular complexity index is 572. The number of furan rings is 1. The lowest BCUT2D eigenvalue weighted by Gasteiger charge is -2.36. The van der Waals surface area contributed by atoms with E-state index in [0.29, 0.717) is 0 Å². The summed E-state index contributed by atoms with van der Waals surface area (Å²) in [5, 5.41) is 3.52. The largest absolute Gasteiger partial charge is 0.468 e. The van der Waals surface area contributed by atoms with Crippen LogP contribution in [-0.2, 0) is 4.79 Å². The number of amides is 1. The molecule has 0 spiro atoms. The van der Waals surface area contributed by atoms with Crippen molar-refractivity contribution in [1.29, 1.82) is 0 Å². The van der Waals surface area contributed by atoms with E-state index in [2.05, 4.69) is 26.2 Å². The van der Waals surface area contributed by atoms with Crippen LogP contribution in [0.4, 0.5) is 0 Å². The molecule has 0 aromatic carbocycles. The molecule has 1 N–H and O–H groups in total. The quantitative estimate of drug-likeness (QED) is 0.654. The Labute approximate surface area is 149 Å². The molecule has 0 saturated carbocycles. The maximum absolute atomic E-state index is 11.5. The standard InChI is InChI=1S/C18H29N5O2/c1-15(24)21-9-11-23(12-10-21)18(19-2)20-14-16(17-6-5-13-25-17)22-7-3-4-8-22/h5-6,13,16H,3-4,7-12,14H2,1-2H3,(H,19,20). The fourth-order valence-electron chi connectivity index (χ4n) is 3.70. The van der Waals surface area contributed by atoms with E-state index >= 15 is 0 Å². The maximum Gasteiger partial charge on any atom is 0.219 e. The van der Waals surface area contributed by atoms with Crippen LogP contribution in [0.3, 0.4) is 0 Å². The summed E-state index contributed by atoms with van der Waals surface area (Å²) >= 11 is 0. The number of aliphatic imine (C=N–C) groups is 1. The van der Waals surface area contributed by atoms with E-state index in [0.717, 1.165) is 57.5 Å². The van der Waals surface area contributed by atoms with E-state index in [1.165, 1.54) is 12.8 Å². The average Bonchev–Trinajstić information content (AvgIpc) is 3.33.